The molecule has 1 aliphatic rings. The minimum Gasteiger partial charge on any atom is -0.379 e. The third-order valence-electron chi connectivity index (χ3n) is 4.30. The van der Waals surface area contributed by atoms with Crippen LogP contribution in [0.5, 0.6) is 0 Å². The minimum atomic E-state index is -0.131. The van der Waals surface area contributed by atoms with Crippen molar-refractivity contribution in [3.05, 3.63) is 36.4 Å². The molecule has 1 saturated heterocycles. The van der Waals surface area contributed by atoms with Crippen LogP contribution in [-0.2, 0) is 14.3 Å². The summed E-state index contributed by atoms with van der Waals surface area (Å²) >= 11 is 0. The van der Waals surface area contributed by atoms with Crippen LogP contribution in [-0.4, -0.2) is 72.6 Å². The van der Waals surface area contributed by atoms with Gasteiger partial charge in [0.1, 0.15) is 11.6 Å². The van der Waals surface area contributed by atoms with E-state index >= 15 is 0 Å². The first-order valence-corrected chi connectivity index (χ1v) is 9.63. The second-order valence-corrected chi connectivity index (χ2v) is 6.67. The topological polar surface area (TPSA) is 108 Å². The second-order valence-electron chi connectivity index (χ2n) is 6.67. The van der Waals surface area contributed by atoms with Crippen LogP contribution in [0.3, 0.4) is 0 Å². The molecular weight excluding hydrogens is 372 g/mol. The first-order valence-electron chi connectivity index (χ1n) is 9.63. The van der Waals surface area contributed by atoms with E-state index in [0.717, 1.165) is 18.7 Å². The number of carbonyl (C=O) groups is 2. The molecular formula is C20H26N6O3. The van der Waals surface area contributed by atoms with Gasteiger partial charge in [0.15, 0.2) is 5.82 Å². The molecule has 0 spiro atoms. The highest BCUT2D eigenvalue weighted by Crippen LogP contribution is 2.20. The third kappa shape index (κ3) is 6.81. The Morgan fingerprint density at radius 2 is 1.79 bits per heavy atom. The average Bonchev–Trinajstić information content (AvgIpc) is 2.72. The highest BCUT2D eigenvalue weighted by atomic mass is 16.5. The lowest BCUT2D eigenvalue weighted by molar-refractivity contribution is -0.119. The van der Waals surface area contributed by atoms with E-state index in [1.165, 1.54) is 6.92 Å². The number of rotatable bonds is 8. The predicted molar refractivity (Wildman–Crippen MR) is 111 cm³/mol. The highest BCUT2D eigenvalue weighted by molar-refractivity contribution is 5.92. The molecule has 0 unspecified atom stereocenters. The number of morpholine rings is 1. The number of carbonyl (C=O) groups excluding carboxylic acids is 2. The average molecular weight is 398 g/mol. The maximum absolute atomic E-state index is 12.5. The van der Waals surface area contributed by atoms with E-state index in [1.54, 1.807) is 6.07 Å². The molecule has 1 fully saturated rings. The van der Waals surface area contributed by atoms with Gasteiger partial charge in [-0.1, -0.05) is 30.3 Å². The Kier molecular flexibility index (Phi) is 7.48. The van der Waals surface area contributed by atoms with Crippen molar-refractivity contribution in [2.45, 2.75) is 6.92 Å². The summed E-state index contributed by atoms with van der Waals surface area (Å²) in [4.78, 5) is 34.5. The monoisotopic (exact) mass is 398 g/mol. The van der Waals surface area contributed by atoms with Gasteiger partial charge in [-0.15, -0.1) is 0 Å². The SMILES string of the molecule is CC(=O)NCCNc1cc(NC(=O)CN2CCOCC2)nc(-c2ccccc2)n1. The number of hydrogen-bond donors (Lipinski definition) is 3. The van der Waals surface area contributed by atoms with Gasteiger partial charge in [-0.05, 0) is 0 Å². The summed E-state index contributed by atoms with van der Waals surface area (Å²) in [5, 5.41) is 8.75. The number of benzene rings is 1. The van der Waals surface area contributed by atoms with Gasteiger partial charge in [0.05, 0.1) is 19.8 Å². The lowest BCUT2D eigenvalue weighted by Gasteiger charge is -2.25. The van der Waals surface area contributed by atoms with Crippen LogP contribution >= 0.6 is 0 Å². The van der Waals surface area contributed by atoms with Crippen molar-refractivity contribution in [1.82, 2.24) is 20.2 Å². The molecule has 1 aromatic carbocycles. The van der Waals surface area contributed by atoms with E-state index in [0.29, 0.717) is 50.3 Å². The van der Waals surface area contributed by atoms with Crippen LogP contribution in [0.4, 0.5) is 11.6 Å². The number of anilines is 2. The molecule has 9 nitrogen and oxygen atoms in total. The van der Waals surface area contributed by atoms with Crippen LogP contribution in [0, 0.1) is 0 Å². The van der Waals surface area contributed by atoms with Crippen LogP contribution in [0.2, 0.25) is 0 Å². The van der Waals surface area contributed by atoms with Crippen molar-refractivity contribution < 1.29 is 14.3 Å². The molecule has 0 bridgehead atoms. The summed E-state index contributed by atoms with van der Waals surface area (Å²) in [5.41, 5.74) is 0.849. The summed E-state index contributed by atoms with van der Waals surface area (Å²) in [6, 6.07) is 11.3. The number of nitrogens with one attached hydrogen (secondary N) is 3. The van der Waals surface area contributed by atoms with Gasteiger partial charge in [0.25, 0.3) is 0 Å². The van der Waals surface area contributed by atoms with Crippen molar-refractivity contribution in [2.24, 2.45) is 0 Å². The van der Waals surface area contributed by atoms with Crippen LogP contribution in [0.15, 0.2) is 36.4 Å². The van der Waals surface area contributed by atoms with E-state index < -0.39 is 0 Å². The maximum atomic E-state index is 12.5. The van der Waals surface area contributed by atoms with Crippen LogP contribution in [0.25, 0.3) is 11.4 Å². The number of hydrogen-bond acceptors (Lipinski definition) is 7. The molecule has 2 heterocycles. The lowest BCUT2D eigenvalue weighted by atomic mass is 10.2. The molecule has 2 aromatic rings. The fourth-order valence-corrected chi connectivity index (χ4v) is 2.89. The molecule has 29 heavy (non-hydrogen) atoms. The number of ether oxygens (including phenoxy) is 1. The van der Waals surface area contributed by atoms with Crippen molar-refractivity contribution in [1.29, 1.82) is 0 Å². The minimum absolute atomic E-state index is 0.0875. The first kappa shape index (κ1) is 20.7. The van der Waals surface area contributed by atoms with Gasteiger partial charge in [-0.3, -0.25) is 14.5 Å². The van der Waals surface area contributed by atoms with E-state index in [2.05, 4.69) is 25.9 Å². The lowest BCUT2D eigenvalue weighted by Crippen LogP contribution is -2.41. The Morgan fingerprint density at radius 3 is 2.52 bits per heavy atom. The molecule has 2 amide bonds. The normalized spacial score (nSPS) is 14.2. The molecule has 1 aromatic heterocycles. The third-order valence-corrected chi connectivity index (χ3v) is 4.30. The predicted octanol–water partition coefficient (Wildman–Crippen LogP) is 0.962. The first-order chi connectivity index (χ1) is 14.1. The Hall–Kier alpha value is -3.04. The zero-order valence-electron chi connectivity index (χ0n) is 16.5. The van der Waals surface area contributed by atoms with Gasteiger partial charge < -0.3 is 20.7 Å². The smallest absolute Gasteiger partial charge is 0.239 e. The molecule has 154 valence electrons. The molecule has 3 rings (SSSR count). The summed E-state index contributed by atoms with van der Waals surface area (Å²) < 4.78 is 5.31. The molecule has 3 N–H and O–H groups in total. The Balaban J connectivity index is 1.71. The molecule has 0 radical (unpaired) electrons. The number of aromatic nitrogens is 2. The fourth-order valence-electron chi connectivity index (χ4n) is 2.89. The van der Waals surface area contributed by atoms with Gasteiger partial charge in [0.2, 0.25) is 11.8 Å². The molecule has 9 heteroatoms. The Morgan fingerprint density at radius 1 is 1.07 bits per heavy atom. The summed E-state index contributed by atoms with van der Waals surface area (Å²) in [5.74, 6) is 1.30. The van der Waals surface area contributed by atoms with Gasteiger partial charge in [-0.2, -0.15) is 0 Å². The van der Waals surface area contributed by atoms with Gasteiger partial charge in [0, 0.05) is 44.7 Å². The number of amides is 2. The standard InChI is InChI=1S/C20H26N6O3/c1-15(27)21-7-8-22-17-13-18(23-19(28)14-26-9-11-29-12-10-26)25-20(24-17)16-5-3-2-4-6-16/h2-6,13H,7-12,14H2,1H3,(H,21,27)(H2,22,23,24,25,28). The second kappa shape index (κ2) is 10.5. The quantitative estimate of drug-likeness (QED) is 0.569. The van der Waals surface area contributed by atoms with Crippen molar-refractivity contribution in [3.63, 3.8) is 0 Å². The molecule has 0 atom stereocenters. The fraction of sp³-hybridized carbons (Fsp3) is 0.400. The molecule has 1 aliphatic heterocycles. The summed E-state index contributed by atoms with van der Waals surface area (Å²) in [6.45, 7) is 5.50. The van der Waals surface area contributed by atoms with E-state index in [9.17, 15) is 9.59 Å². The van der Waals surface area contributed by atoms with Crippen molar-refractivity contribution in [2.75, 3.05) is 56.6 Å². The van der Waals surface area contributed by atoms with E-state index in [4.69, 9.17) is 4.74 Å². The summed E-state index contributed by atoms with van der Waals surface area (Å²) in [7, 11) is 0. The Bertz CT molecular complexity index is 824. The molecule has 0 aliphatic carbocycles. The van der Waals surface area contributed by atoms with E-state index in [-0.39, 0.29) is 11.8 Å². The largest absolute Gasteiger partial charge is 0.379 e. The Labute approximate surface area is 169 Å². The zero-order chi connectivity index (χ0) is 20.5. The van der Waals surface area contributed by atoms with Crippen molar-refractivity contribution >= 4 is 23.5 Å². The van der Waals surface area contributed by atoms with Crippen LogP contribution < -0.4 is 16.0 Å². The van der Waals surface area contributed by atoms with Crippen molar-refractivity contribution in [3.8, 4) is 11.4 Å². The highest BCUT2D eigenvalue weighted by Gasteiger charge is 2.15. The van der Waals surface area contributed by atoms with E-state index in [1.807, 2.05) is 35.2 Å². The van der Waals surface area contributed by atoms with Gasteiger partial charge in [-0.25, -0.2) is 9.97 Å². The van der Waals surface area contributed by atoms with Crippen LogP contribution in [0.1, 0.15) is 6.92 Å². The number of nitrogens with zero attached hydrogens (tertiary/aromatic N) is 3. The maximum Gasteiger partial charge on any atom is 0.239 e. The molecule has 0 saturated carbocycles. The summed E-state index contributed by atoms with van der Waals surface area (Å²) in [6.07, 6.45) is 0. The zero-order valence-corrected chi connectivity index (χ0v) is 16.5. The van der Waals surface area contributed by atoms with Gasteiger partial charge >= 0.3 is 0 Å².